The lowest BCUT2D eigenvalue weighted by Crippen LogP contribution is -2.43. The molecule has 3 aromatic heterocycles. The van der Waals surface area contributed by atoms with Gasteiger partial charge in [-0.05, 0) is 19.8 Å². The van der Waals surface area contributed by atoms with Crippen molar-refractivity contribution in [2.45, 2.75) is 38.5 Å². The van der Waals surface area contributed by atoms with Crippen molar-refractivity contribution in [1.82, 2.24) is 29.5 Å². The molecule has 2 bridgehead atoms. The number of rotatable bonds is 3. The Labute approximate surface area is 150 Å². The molecule has 2 fully saturated rings. The highest BCUT2D eigenvalue weighted by Gasteiger charge is 2.35. The van der Waals surface area contributed by atoms with Crippen LogP contribution in [-0.4, -0.2) is 54.8 Å². The predicted octanol–water partition coefficient (Wildman–Crippen LogP) is 1.25. The van der Waals surface area contributed by atoms with Gasteiger partial charge in [0.05, 0.1) is 30.9 Å². The summed E-state index contributed by atoms with van der Waals surface area (Å²) in [5, 5.41) is 0. The Kier molecular flexibility index (Phi) is 3.49. The summed E-state index contributed by atoms with van der Waals surface area (Å²) in [6, 6.07) is 0. The first-order chi connectivity index (χ1) is 12.7. The second-order valence-corrected chi connectivity index (χ2v) is 6.76. The fourth-order valence-electron chi connectivity index (χ4n) is 3.72. The summed E-state index contributed by atoms with van der Waals surface area (Å²) in [6.07, 6.45) is 7.70. The van der Waals surface area contributed by atoms with Gasteiger partial charge in [0.1, 0.15) is 22.7 Å². The van der Waals surface area contributed by atoms with Crippen LogP contribution in [0.1, 0.15) is 19.8 Å². The molecule has 5 heterocycles. The van der Waals surface area contributed by atoms with Crippen LogP contribution in [0.3, 0.4) is 0 Å². The molecule has 2 aliphatic rings. The Morgan fingerprint density at radius 1 is 1.12 bits per heavy atom. The number of fused-ring (bicyclic) bond motifs is 3. The minimum atomic E-state index is 0.267. The molecule has 0 saturated carbocycles. The fraction of sp³-hybridized carbons (Fsp3) is 0.471. The van der Waals surface area contributed by atoms with Crippen LogP contribution >= 0.6 is 0 Å². The first kappa shape index (κ1) is 15.4. The number of ether oxygens (including phenoxy) is 1. The molecule has 2 atom stereocenters. The highest BCUT2D eigenvalue weighted by molar-refractivity contribution is 5.87. The van der Waals surface area contributed by atoms with Gasteiger partial charge in [-0.3, -0.25) is 0 Å². The Bertz CT molecular complexity index is 941. The van der Waals surface area contributed by atoms with Crippen LogP contribution in [0, 0.1) is 0 Å². The van der Waals surface area contributed by atoms with E-state index in [9.17, 15) is 0 Å². The average molecular weight is 352 g/mol. The fourth-order valence-corrected chi connectivity index (χ4v) is 3.72. The highest BCUT2D eigenvalue weighted by Crippen LogP contribution is 2.31. The number of nitrogen functional groups attached to an aromatic ring is 1. The van der Waals surface area contributed by atoms with Gasteiger partial charge < -0.3 is 19.9 Å². The summed E-state index contributed by atoms with van der Waals surface area (Å²) >= 11 is 0. The largest absolute Gasteiger partial charge is 0.382 e. The Morgan fingerprint density at radius 3 is 2.62 bits per heavy atom. The zero-order valence-electron chi connectivity index (χ0n) is 14.5. The maximum absolute atomic E-state index is 5.94. The van der Waals surface area contributed by atoms with Gasteiger partial charge in [-0.25, -0.2) is 19.9 Å². The summed E-state index contributed by atoms with van der Waals surface area (Å²) in [7, 11) is 0. The summed E-state index contributed by atoms with van der Waals surface area (Å²) in [6.45, 7) is 4.49. The van der Waals surface area contributed by atoms with Crippen molar-refractivity contribution in [3.05, 3.63) is 18.7 Å². The molecule has 0 radical (unpaired) electrons. The van der Waals surface area contributed by atoms with E-state index in [1.165, 1.54) is 6.20 Å². The topological polar surface area (TPSA) is 108 Å². The van der Waals surface area contributed by atoms with E-state index in [0.717, 1.165) is 43.6 Å². The average Bonchev–Trinajstić information content (AvgIpc) is 3.23. The molecule has 2 unspecified atom stereocenters. The number of anilines is 2. The van der Waals surface area contributed by atoms with Crippen molar-refractivity contribution in [1.29, 1.82) is 0 Å². The van der Waals surface area contributed by atoms with Crippen molar-refractivity contribution in [3.63, 3.8) is 0 Å². The highest BCUT2D eigenvalue weighted by atomic mass is 16.5. The predicted molar refractivity (Wildman–Crippen MR) is 96.5 cm³/mol. The molecule has 3 aromatic rings. The third kappa shape index (κ3) is 2.47. The van der Waals surface area contributed by atoms with E-state index < -0.39 is 0 Å². The van der Waals surface area contributed by atoms with Crippen LogP contribution in [0.15, 0.2) is 18.7 Å². The van der Waals surface area contributed by atoms with Crippen molar-refractivity contribution < 1.29 is 4.74 Å². The molecule has 9 nitrogen and oxygen atoms in total. The molecule has 9 heteroatoms. The molecule has 5 rings (SSSR count). The molecular formula is C17H20N8O. The van der Waals surface area contributed by atoms with Gasteiger partial charge in [-0.1, -0.05) is 0 Å². The molecule has 2 aliphatic heterocycles. The molecule has 0 amide bonds. The lowest BCUT2D eigenvalue weighted by molar-refractivity contribution is 0.0299. The zero-order valence-corrected chi connectivity index (χ0v) is 14.5. The van der Waals surface area contributed by atoms with Gasteiger partial charge >= 0.3 is 0 Å². The Hall–Kier alpha value is -2.81. The van der Waals surface area contributed by atoms with E-state index in [4.69, 9.17) is 20.4 Å². The number of imidazole rings is 1. The van der Waals surface area contributed by atoms with Gasteiger partial charge in [-0.15, -0.1) is 0 Å². The minimum Gasteiger partial charge on any atom is -0.382 e. The molecule has 0 aromatic carbocycles. The SMILES string of the molecule is CCn1cnc2c(-c3cnc(N)cn3)nc(N3CC4CCC(C3)O4)nc21. The maximum Gasteiger partial charge on any atom is 0.228 e. The number of aryl methyl sites for hydroxylation is 1. The van der Waals surface area contributed by atoms with Gasteiger partial charge in [0.2, 0.25) is 5.95 Å². The molecule has 134 valence electrons. The van der Waals surface area contributed by atoms with Crippen LogP contribution in [0.5, 0.6) is 0 Å². The molecule has 0 spiro atoms. The lowest BCUT2D eigenvalue weighted by Gasteiger charge is -2.32. The first-order valence-corrected chi connectivity index (χ1v) is 8.92. The quantitative estimate of drug-likeness (QED) is 0.750. The number of morpholine rings is 1. The van der Waals surface area contributed by atoms with Crippen LogP contribution in [0.2, 0.25) is 0 Å². The van der Waals surface area contributed by atoms with E-state index in [1.807, 2.05) is 4.57 Å². The minimum absolute atomic E-state index is 0.267. The van der Waals surface area contributed by atoms with E-state index in [2.05, 4.69) is 26.8 Å². The van der Waals surface area contributed by atoms with Gasteiger partial charge in [0.15, 0.2) is 5.65 Å². The van der Waals surface area contributed by atoms with Gasteiger partial charge in [0, 0.05) is 19.6 Å². The zero-order chi connectivity index (χ0) is 17.7. The number of aromatic nitrogens is 6. The standard InChI is InChI=1S/C17H20N8O/c1-2-24-9-21-15-14(12-5-20-13(18)6-19-12)22-17(23-16(15)24)25-7-10-3-4-11(8-25)26-10/h5-6,9-11H,2-4,7-8H2,1H3,(H2,18,20). The smallest absolute Gasteiger partial charge is 0.228 e. The van der Waals surface area contributed by atoms with Crippen LogP contribution in [0.4, 0.5) is 11.8 Å². The Morgan fingerprint density at radius 2 is 1.92 bits per heavy atom. The summed E-state index contributed by atoms with van der Waals surface area (Å²) in [5.74, 6) is 1.07. The number of nitrogens with zero attached hydrogens (tertiary/aromatic N) is 7. The lowest BCUT2D eigenvalue weighted by atomic mass is 10.2. The number of nitrogens with two attached hydrogens (primary N) is 1. The third-order valence-corrected chi connectivity index (χ3v) is 5.03. The summed E-state index contributed by atoms with van der Waals surface area (Å²) in [4.78, 5) is 24.9. The van der Waals surface area contributed by atoms with E-state index in [-0.39, 0.29) is 12.2 Å². The van der Waals surface area contributed by atoms with Crippen molar-refractivity contribution in [3.8, 4) is 11.4 Å². The second kappa shape index (κ2) is 5.87. The first-order valence-electron chi connectivity index (χ1n) is 8.92. The molecule has 2 saturated heterocycles. The number of hydrogen-bond donors (Lipinski definition) is 1. The Balaban J connectivity index is 1.65. The third-order valence-electron chi connectivity index (χ3n) is 5.03. The number of hydrogen-bond acceptors (Lipinski definition) is 8. The van der Waals surface area contributed by atoms with Crippen LogP contribution < -0.4 is 10.6 Å². The maximum atomic E-state index is 5.94. The summed E-state index contributed by atoms with van der Waals surface area (Å²) < 4.78 is 7.96. The molecular weight excluding hydrogens is 332 g/mol. The van der Waals surface area contributed by atoms with Crippen molar-refractivity contribution in [2.75, 3.05) is 23.7 Å². The van der Waals surface area contributed by atoms with Crippen LogP contribution in [0.25, 0.3) is 22.6 Å². The van der Waals surface area contributed by atoms with E-state index in [1.54, 1.807) is 12.5 Å². The van der Waals surface area contributed by atoms with Crippen molar-refractivity contribution in [2.24, 2.45) is 0 Å². The molecule has 2 N–H and O–H groups in total. The van der Waals surface area contributed by atoms with Crippen LogP contribution in [-0.2, 0) is 11.3 Å². The molecule has 0 aliphatic carbocycles. The summed E-state index contributed by atoms with van der Waals surface area (Å²) in [5.41, 5.74) is 8.54. The van der Waals surface area contributed by atoms with E-state index >= 15 is 0 Å². The van der Waals surface area contributed by atoms with E-state index in [0.29, 0.717) is 23.2 Å². The van der Waals surface area contributed by atoms with Crippen molar-refractivity contribution >= 4 is 22.9 Å². The van der Waals surface area contributed by atoms with Gasteiger partial charge in [0.25, 0.3) is 0 Å². The monoisotopic (exact) mass is 352 g/mol. The molecule has 26 heavy (non-hydrogen) atoms. The van der Waals surface area contributed by atoms with Gasteiger partial charge in [-0.2, -0.15) is 4.98 Å². The second-order valence-electron chi connectivity index (χ2n) is 6.76. The normalized spacial score (nSPS) is 22.3.